The first-order valence-corrected chi connectivity index (χ1v) is 8.33. The molecule has 2 unspecified atom stereocenters. The standard InChI is InChI=1S/C18H23FN2O2.ClH/c1-21(16-10-14-6-7-15(11-16)20-14)18(23)9-8-17(22)12-2-4-13(19)5-3-12;/h2-5,14-16,20H,6-11H2,1H3;1H. The van der Waals surface area contributed by atoms with Gasteiger partial charge in [0.15, 0.2) is 5.78 Å². The molecule has 24 heavy (non-hydrogen) atoms. The average molecular weight is 355 g/mol. The minimum absolute atomic E-state index is 0. The SMILES string of the molecule is CN(C(=O)CCC(=O)c1ccc(F)cc1)C1CC2CCC(C1)N2.Cl. The zero-order chi connectivity index (χ0) is 16.4. The number of fused-ring (bicyclic) bond motifs is 2. The maximum Gasteiger partial charge on any atom is 0.223 e. The molecule has 2 fully saturated rings. The highest BCUT2D eigenvalue weighted by Gasteiger charge is 2.36. The molecule has 2 heterocycles. The van der Waals surface area contributed by atoms with E-state index in [9.17, 15) is 14.0 Å². The first-order chi connectivity index (χ1) is 11.0. The van der Waals surface area contributed by atoms with E-state index >= 15 is 0 Å². The van der Waals surface area contributed by atoms with Gasteiger partial charge < -0.3 is 10.2 Å². The number of rotatable bonds is 5. The van der Waals surface area contributed by atoms with Crippen molar-refractivity contribution in [2.24, 2.45) is 0 Å². The summed E-state index contributed by atoms with van der Waals surface area (Å²) in [5, 5.41) is 3.57. The summed E-state index contributed by atoms with van der Waals surface area (Å²) in [4.78, 5) is 26.3. The summed E-state index contributed by atoms with van der Waals surface area (Å²) in [6.45, 7) is 0. The van der Waals surface area contributed by atoms with Crippen LogP contribution in [0.15, 0.2) is 24.3 Å². The molecule has 2 atom stereocenters. The summed E-state index contributed by atoms with van der Waals surface area (Å²) in [5.74, 6) is -0.457. The van der Waals surface area contributed by atoms with Crippen molar-refractivity contribution in [1.29, 1.82) is 0 Å². The maximum atomic E-state index is 12.9. The number of amides is 1. The fourth-order valence-corrected chi connectivity index (χ4v) is 3.72. The van der Waals surface area contributed by atoms with Crippen molar-refractivity contribution in [3.8, 4) is 0 Å². The van der Waals surface area contributed by atoms with Gasteiger partial charge in [-0.1, -0.05) is 0 Å². The van der Waals surface area contributed by atoms with E-state index in [1.54, 1.807) is 0 Å². The van der Waals surface area contributed by atoms with Gasteiger partial charge in [0.05, 0.1) is 0 Å². The van der Waals surface area contributed by atoms with Crippen molar-refractivity contribution in [2.45, 2.75) is 56.7 Å². The first-order valence-electron chi connectivity index (χ1n) is 8.33. The molecule has 2 saturated heterocycles. The van der Waals surface area contributed by atoms with Crippen LogP contribution in [-0.4, -0.2) is 41.8 Å². The van der Waals surface area contributed by atoms with E-state index in [-0.39, 0.29) is 48.8 Å². The largest absolute Gasteiger partial charge is 0.343 e. The molecule has 1 aromatic rings. The molecule has 0 saturated carbocycles. The number of ketones is 1. The lowest BCUT2D eigenvalue weighted by Gasteiger charge is -2.35. The Hall–Kier alpha value is -1.46. The number of carbonyl (C=O) groups is 2. The van der Waals surface area contributed by atoms with E-state index in [0.29, 0.717) is 17.6 Å². The van der Waals surface area contributed by atoms with Crippen molar-refractivity contribution in [2.75, 3.05) is 7.05 Å². The van der Waals surface area contributed by atoms with Crippen LogP contribution in [0.4, 0.5) is 4.39 Å². The monoisotopic (exact) mass is 354 g/mol. The number of Topliss-reactive ketones (excluding diaryl/α,β-unsaturated/α-hetero) is 1. The zero-order valence-electron chi connectivity index (χ0n) is 13.8. The Morgan fingerprint density at radius 2 is 1.71 bits per heavy atom. The van der Waals surface area contributed by atoms with Gasteiger partial charge in [0, 0.05) is 43.6 Å². The number of hydrogen-bond acceptors (Lipinski definition) is 3. The molecule has 1 N–H and O–H groups in total. The van der Waals surface area contributed by atoms with Gasteiger partial charge in [0.2, 0.25) is 5.91 Å². The molecule has 2 aliphatic rings. The minimum atomic E-state index is -0.363. The van der Waals surface area contributed by atoms with Crippen molar-refractivity contribution in [3.05, 3.63) is 35.6 Å². The van der Waals surface area contributed by atoms with Crippen LogP contribution < -0.4 is 5.32 Å². The Kier molecular flexibility index (Phi) is 6.35. The minimum Gasteiger partial charge on any atom is -0.343 e. The summed E-state index contributed by atoms with van der Waals surface area (Å²) < 4.78 is 12.9. The highest BCUT2D eigenvalue weighted by molar-refractivity contribution is 5.97. The van der Waals surface area contributed by atoms with E-state index in [2.05, 4.69) is 5.32 Å². The van der Waals surface area contributed by atoms with E-state index in [0.717, 1.165) is 12.8 Å². The molecule has 0 aliphatic carbocycles. The summed E-state index contributed by atoms with van der Waals surface area (Å²) in [7, 11) is 1.85. The lowest BCUT2D eigenvalue weighted by atomic mass is 9.98. The van der Waals surface area contributed by atoms with E-state index < -0.39 is 0 Å². The molecule has 0 aromatic heterocycles. The second-order valence-corrected chi connectivity index (χ2v) is 6.70. The molecular formula is C18H24ClFN2O2. The lowest BCUT2D eigenvalue weighted by Crippen LogP contribution is -2.48. The number of nitrogens with one attached hydrogen (secondary N) is 1. The van der Waals surface area contributed by atoms with Crippen LogP contribution in [0.3, 0.4) is 0 Å². The van der Waals surface area contributed by atoms with Crippen molar-refractivity contribution >= 4 is 24.1 Å². The van der Waals surface area contributed by atoms with Gasteiger partial charge in [-0.15, -0.1) is 12.4 Å². The van der Waals surface area contributed by atoms with Crippen LogP contribution in [0.25, 0.3) is 0 Å². The van der Waals surface area contributed by atoms with E-state index in [4.69, 9.17) is 0 Å². The quantitative estimate of drug-likeness (QED) is 0.827. The topological polar surface area (TPSA) is 49.4 Å². The number of carbonyl (C=O) groups excluding carboxylic acids is 2. The number of halogens is 2. The van der Waals surface area contributed by atoms with Crippen LogP contribution in [0, 0.1) is 5.82 Å². The van der Waals surface area contributed by atoms with Gasteiger partial charge in [-0.2, -0.15) is 0 Å². The third-order valence-electron chi connectivity index (χ3n) is 5.12. The summed E-state index contributed by atoms with van der Waals surface area (Å²) in [6.07, 6.45) is 4.80. The molecule has 1 aromatic carbocycles. The van der Waals surface area contributed by atoms with Gasteiger partial charge in [0.1, 0.15) is 5.82 Å². The van der Waals surface area contributed by atoms with Crippen LogP contribution in [0.5, 0.6) is 0 Å². The fraction of sp³-hybridized carbons (Fsp3) is 0.556. The summed E-state index contributed by atoms with van der Waals surface area (Å²) in [6, 6.07) is 6.83. The number of piperidine rings is 1. The van der Waals surface area contributed by atoms with Crippen molar-refractivity contribution < 1.29 is 14.0 Å². The van der Waals surface area contributed by atoms with Gasteiger partial charge >= 0.3 is 0 Å². The maximum absolute atomic E-state index is 12.9. The number of nitrogens with zero attached hydrogens (tertiary/aromatic N) is 1. The normalized spacial score (nSPS) is 25.0. The molecule has 2 aliphatic heterocycles. The van der Waals surface area contributed by atoms with Crippen molar-refractivity contribution in [1.82, 2.24) is 10.2 Å². The molecule has 0 spiro atoms. The highest BCUT2D eigenvalue weighted by atomic mass is 35.5. The Morgan fingerprint density at radius 1 is 1.12 bits per heavy atom. The molecule has 4 nitrogen and oxygen atoms in total. The van der Waals surface area contributed by atoms with Gasteiger partial charge in [-0.05, 0) is 49.9 Å². The first kappa shape index (κ1) is 18.9. The van der Waals surface area contributed by atoms with Crippen molar-refractivity contribution in [3.63, 3.8) is 0 Å². The average Bonchev–Trinajstić information content (AvgIpc) is 2.90. The van der Waals surface area contributed by atoms with Crippen LogP contribution >= 0.6 is 12.4 Å². The smallest absolute Gasteiger partial charge is 0.223 e. The third kappa shape index (κ3) is 4.33. The molecule has 2 bridgehead atoms. The molecular weight excluding hydrogens is 331 g/mol. The summed E-state index contributed by atoms with van der Waals surface area (Å²) in [5.41, 5.74) is 0.460. The Labute approximate surface area is 148 Å². The summed E-state index contributed by atoms with van der Waals surface area (Å²) >= 11 is 0. The van der Waals surface area contributed by atoms with Crippen LogP contribution in [0.1, 0.15) is 48.9 Å². The van der Waals surface area contributed by atoms with E-state index in [1.807, 2.05) is 11.9 Å². The molecule has 6 heteroatoms. The van der Waals surface area contributed by atoms with E-state index in [1.165, 1.54) is 37.1 Å². The predicted octanol–water partition coefficient (Wildman–Crippen LogP) is 2.95. The third-order valence-corrected chi connectivity index (χ3v) is 5.12. The molecule has 1 amide bonds. The Morgan fingerprint density at radius 3 is 2.29 bits per heavy atom. The van der Waals surface area contributed by atoms with Crippen LogP contribution in [-0.2, 0) is 4.79 Å². The van der Waals surface area contributed by atoms with Gasteiger partial charge in [-0.25, -0.2) is 4.39 Å². The molecule has 0 radical (unpaired) electrons. The molecule has 132 valence electrons. The second-order valence-electron chi connectivity index (χ2n) is 6.70. The van der Waals surface area contributed by atoms with Gasteiger partial charge in [0.25, 0.3) is 0 Å². The van der Waals surface area contributed by atoms with Crippen LogP contribution in [0.2, 0.25) is 0 Å². The second kappa shape index (κ2) is 8.08. The number of hydrogen-bond donors (Lipinski definition) is 1. The zero-order valence-corrected chi connectivity index (χ0v) is 14.7. The Balaban J connectivity index is 0.00000208. The number of benzene rings is 1. The highest BCUT2D eigenvalue weighted by Crippen LogP contribution is 2.29. The van der Waals surface area contributed by atoms with Gasteiger partial charge in [-0.3, -0.25) is 9.59 Å². The molecule has 3 rings (SSSR count). The fourth-order valence-electron chi connectivity index (χ4n) is 3.72. The Bertz CT molecular complexity index is 581. The lowest BCUT2D eigenvalue weighted by molar-refractivity contribution is -0.132. The predicted molar refractivity (Wildman–Crippen MR) is 93.0 cm³/mol.